The molecule has 0 aliphatic carbocycles. The molecule has 0 saturated heterocycles. The Labute approximate surface area is 190 Å². The van der Waals surface area contributed by atoms with Gasteiger partial charge in [0.1, 0.15) is 6.54 Å². The third-order valence-electron chi connectivity index (χ3n) is 4.14. The molecule has 10 heteroatoms. The van der Waals surface area contributed by atoms with Crippen LogP contribution in [0.1, 0.15) is 12.5 Å². The van der Waals surface area contributed by atoms with Crippen LogP contribution in [0.4, 0.5) is 5.13 Å². The lowest BCUT2D eigenvalue weighted by Crippen LogP contribution is -2.35. The number of esters is 1. The van der Waals surface area contributed by atoms with Crippen LogP contribution in [0.25, 0.3) is 17.3 Å². The molecule has 0 aliphatic heterocycles. The summed E-state index contributed by atoms with van der Waals surface area (Å²) in [5.41, 5.74) is 2.33. The second kappa shape index (κ2) is 10.8. The maximum atomic E-state index is 12.3. The molecule has 0 saturated carbocycles. The van der Waals surface area contributed by atoms with Crippen molar-refractivity contribution in [1.29, 1.82) is 0 Å². The summed E-state index contributed by atoms with van der Waals surface area (Å²) in [4.78, 5) is 28.6. The number of aromatic nitrogens is 1. The second-order valence-electron chi connectivity index (χ2n) is 6.60. The van der Waals surface area contributed by atoms with Crippen molar-refractivity contribution in [2.75, 3.05) is 11.9 Å². The molecule has 1 heterocycles. The highest BCUT2D eigenvalue weighted by Gasteiger charge is 2.20. The third kappa shape index (κ3) is 7.12. The molecule has 2 aromatic carbocycles. The molecule has 1 unspecified atom stereocenters. The molecular weight excluding hydrogens is 450 g/mol. The number of sulfonamides is 1. The van der Waals surface area contributed by atoms with Gasteiger partial charge in [-0.1, -0.05) is 60.7 Å². The minimum absolute atomic E-state index is 0.364. The van der Waals surface area contributed by atoms with E-state index in [2.05, 4.69) is 15.0 Å². The Morgan fingerprint density at radius 2 is 1.75 bits per heavy atom. The van der Waals surface area contributed by atoms with Crippen molar-refractivity contribution >= 4 is 44.4 Å². The molecule has 0 radical (unpaired) electrons. The van der Waals surface area contributed by atoms with Gasteiger partial charge in [-0.3, -0.25) is 14.9 Å². The number of thiazole rings is 1. The summed E-state index contributed by atoms with van der Waals surface area (Å²) in [5, 5.41) is 5.72. The summed E-state index contributed by atoms with van der Waals surface area (Å²) in [6, 6.07) is 18.3. The molecule has 0 spiro atoms. The number of rotatable bonds is 9. The van der Waals surface area contributed by atoms with Crippen molar-refractivity contribution in [2.24, 2.45) is 0 Å². The Morgan fingerprint density at radius 3 is 2.44 bits per heavy atom. The zero-order chi connectivity index (χ0) is 23.0. The van der Waals surface area contributed by atoms with Crippen LogP contribution in [0.3, 0.4) is 0 Å². The lowest BCUT2D eigenvalue weighted by molar-refractivity contribution is -0.151. The summed E-state index contributed by atoms with van der Waals surface area (Å²) < 4.78 is 31.1. The van der Waals surface area contributed by atoms with Crippen molar-refractivity contribution in [1.82, 2.24) is 9.71 Å². The monoisotopic (exact) mass is 471 g/mol. The van der Waals surface area contributed by atoms with Crippen LogP contribution in [0.15, 0.2) is 71.5 Å². The Kier molecular flexibility index (Phi) is 7.87. The van der Waals surface area contributed by atoms with E-state index in [-0.39, 0.29) is 0 Å². The Balaban J connectivity index is 1.47. The second-order valence-corrected chi connectivity index (χ2v) is 9.11. The van der Waals surface area contributed by atoms with E-state index >= 15 is 0 Å². The number of ether oxygens (including phenoxy) is 1. The predicted molar refractivity (Wildman–Crippen MR) is 124 cm³/mol. The van der Waals surface area contributed by atoms with Crippen molar-refractivity contribution in [3.05, 3.63) is 77.0 Å². The third-order valence-corrected chi connectivity index (χ3v) is 5.94. The van der Waals surface area contributed by atoms with E-state index in [1.807, 2.05) is 36.4 Å². The van der Waals surface area contributed by atoms with Gasteiger partial charge in [0.25, 0.3) is 5.91 Å². The van der Waals surface area contributed by atoms with Gasteiger partial charge in [-0.2, -0.15) is 0 Å². The van der Waals surface area contributed by atoms with Crippen molar-refractivity contribution in [3.8, 4) is 11.3 Å². The zero-order valence-electron chi connectivity index (χ0n) is 17.1. The first-order chi connectivity index (χ1) is 15.3. The Hall–Kier alpha value is -3.34. The fourth-order valence-corrected chi connectivity index (χ4v) is 3.99. The first-order valence-electron chi connectivity index (χ1n) is 9.56. The maximum absolute atomic E-state index is 12.3. The average Bonchev–Trinajstić information content (AvgIpc) is 3.26. The van der Waals surface area contributed by atoms with Gasteiger partial charge >= 0.3 is 5.97 Å². The van der Waals surface area contributed by atoms with E-state index in [4.69, 9.17) is 4.74 Å². The Bertz CT molecular complexity index is 1190. The normalized spacial score (nSPS) is 12.4. The van der Waals surface area contributed by atoms with E-state index in [1.165, 1.54) is 24.3 Å². The number of nitrogens with one attached hydrogen (secondary N) is 2. The summed E-state index contributed by atoms with van der Waals surface area (Å²) in [6.07, 6.45) is 0.275. The van der Waals surface area contributed by atoms with Gasteiger partial charge < -0.3 is 4.74 Å². The van der Waals surface area contributed by atoms with Crippen LogP contribution in [0.2, 0.25) is 0 Å². The van der Waals surface area contributed by atoms with Crippen molar-refractivity contribution in [3.63, 3.8) is 0 Å². The summed E-state index contributed by atoms with van der Waals surface area (Å²) in [6.45, 7) is 0.789. The number of benzene rings is 2. The molecule has 1 amide bonds. The van der Waals surface area contributed by atoms with Gasteiger partial charge in [-0.25, -0.2) is 18.1 Å². The van der Waals surface area contributed by atoms with E-state index in [0.29, 0.717) is 16.4 Å². The lowest BCUT2D eigenvalue weighted by atomic mass is 10.2. The van der Waals surface area contributed by atoms with Gasteiger partial charge in [0.15, 0.2) is 11.2 Å². The average molecular weight is 472 g/mol. The van der Waals surface area contributed by atoms with Gasteiger partial charge in [0.05, 0.1) is 5.69 Å². The Morgan fingerprint density at radius 1 is 1.09 bits per heavy atom. The van der Waals surface area contributed by atoms with Crippen molar-refractivity contribution < 1.29 is 22.7 Å². The number of carbonyl (C=O) groups is 2. The molecular formula is C22H21N3O5S2. The quantitative estimate of drug-likeness (QED) is 0.463. The SMILES string of the molecule is CC(OC(=O)CNS(=O)(=O)/C=C/c1ccccc1)C(=O)Nc1nc(-c2ccccc2)cs1. The van der Waals surface area contributed by atoms with Gasteiger partial charge in [-0.05, 0) is 18.6 Å². The van der Waals surface area contributed by atoms with Crippen molar-refractivity contribution in [2.45, 2.75) is 13.0 Å². The number of hydrogen-bond donors (Lipinski definition) is 2. The molecule has 1 atom stereocenters. The van der Waals surface area contributed by atoms with Crippen LogP contribution < -0.4 is 10.0 Å². The van der Waals surface area contributed by atoms with E-state index in [0.717, 1.165) is 11.0 Å². The van der Waals surface area contributed by atoms with E-state index in [1.54, 1.807) is 29.6 Å². The predicted octanol–water partition coefficient (Wildman–Crippen LogP) is 3.27. The first-order valence-corrected chi connectivity index (χ1v) is 12.0. The molecule has 3 aromatic rings. The number of hydrogen-bond acceptors (Lipinski definition) is 7. The molecule has 0 fully saturated rings. The fourth-order valence-electron chi connectivity index (χ4n) is 2.51. The maximum Gasteiger partial charge on any atom is 0.321 e. The highest BCUT2D eigenvalue weighted by Crippen LogP contribution is 2.24. The minimum Gasteiger partial charge on any atom is -0.452 e. The number of nitrogens with zero attached hydrogens (tertiary/aromatic N) is 1. The fraction of sp³-hybridized carbons (Fsp3) is 0.136. The van der Waals surface area contributed by atoms with Crippen LogP contribution in [-0.4, -0.2) is 37.9 Å². The van der Waals surface area contributed by atoms with Crippen LogP contribution in [0, 0.1) is 0 Å². The van der Waals surface area contributed by atoms with Crippen LogP contribution >= 0.6 is 11.3 Å². The van der Waals surface area contributed by atoms with Crippen LogP contribution in [-0.2, 0) is 24.3 Å². The summed E-state index contributed by atoms with van der Waals surface area (Å²) in [5.74, 6) is -1.45. The number of amides is 1. The molecule has 166 valence electrons. The highest BCUT2D eigenvalue weighted by molar-refractivity contribution is 7.92. The van der Waals surface area contributed by atoms with E-state index in [9.17, 15) is 18.0 Å². The lowest BCUT2D eigenvalue weighted by Gasteiger charge is -2.12. The standard InChI is InChI=1S/C22H21N3O5S2/c1-16(21(27)25-22-24-19(15-31-22)18-10-6-3-7-11-18)30-20(26)14-23-32(28,29)13-12-17-8-4-2-5-9-17/h2-13,15-16,23H,14H2,1H3,(H,24,25,27)/b13-12+. The topological polar surface area (TPSA) is 114 Å². The minimum atomic E-state index is -3.84. The molecule has 8 nitrogen and oxygen atoms in total. The summed E-state index contributed by atoms with van der Waals surface area (Å²) >= 11 is 1.24. The molecule has 32 heavy (non-hydrogen) atoms. The van der Waals surface area contributed by atoms with Crippen LogP contribution in [0.5, 0.6) is 0 Å². The van der Waals surface area contributed by atoms with Gasteiger partial charge in [0, 0.05) is 16.4 Å². The molecule has 0 bridgehead atoms. The number of anilines is 1. The smallest absolute Gasteiger partial charge is 0.321 e. The zero-order valence-corrected chi connectivity index (χ0v) is 18.7. The first kappa shape index (κ1) is 23.3. The molecule has 0 aliphatic rings. The molecule has 3 rings (SSSR count). The number of carbonyl (C=O) groups excluding carboxylic acids is 2. The van der Waals surface area contributed by atoms with Gasteiger partial charge in [0.2, 0.25) is 10.0 Å². The summed E-state index contributed by atoms with van der Waals surface area (Å²) in [7, 11) is -3.84. The highest BCUT2D eigenvalue weighted by atomic mass is 32.2. The molecule has 2 N–H and O–H groups in total. The van der Waals surface area contributed by atoms with Gasteiger partial charge in [-0.15, -0.1) is 11.3 Å². The molecule has 1 aromatic heterocycles. The van der Waals surface area contributed by atoms with E-state index < -0.39 is 34.5 Å². The largest absolute Gasteiger partial charge is 0.452 e.